The average molecular weight is 271 g/mol. The normalized spacial score (nSPS) is 16.7. The van der Waals surface area contributed by atoms with Gasteiger partial charge in [-0.3, -0.25) is 0 Å². The number of imidazole rings is 1. The molecule has 108 valence electrons. The van der Waals surface area contributed by atoms with E-state index in [1.165, 1.54) is 37.0 Å². The highest BCUT2D eigenvalue weighted by Gasteiger charge is 2.42. The molecular weight excluding hydrogens is 246 g/mol. The molecule has 1 aromatic carbocycles. The highest BCUT2D eigenvalue weighted by Crippen LogP contribution is 2.51. The van der Waals surface area contributed by atoms with Crippen LogP contribution in [0, 0.1) is 5.41 Å². The monoisotopic (exact) mass is 271 g/mol. The van der Waals surface area contributed by atoms with Crippen molar-refractivity contribution in [2.45, 2.75) is 58.9 Å². The lowest BCUT2D eigenvalue weighted by Gasteiger charge is -2.17. The fourth-order valence-corrected chi connectivity index (χ4v) is 3.32. The van der Waals surface area contributed by atoms with Crippen molar-refractivity contribution in [3.8, 4) is 0 Å². The first kappa shape index (κ1) is 13.5. The van der Waals surface area contributed by atoms with Crippen molar-refractivity contribution in [1.82, 2.24) is 9.55 Å². The van der Waals surface area contributed by atoms with Gasteiger partial charge in [0.05, 0.1) is 11.0 Å². The van der Waals surface area contributed by atoms with Crippen LogP contribution >= 0.6 is 0 Å². The number of hydrogen-bond donors (Lipinski definition) is 1. The van der Waals surface area contributed by atoms with Gasteiger partial charge in [0.25, 0.3) is 0 Å². The zero-order valence-corrected chi connectivity index (χ0v) is 12.7. The molecule has 1 aliphatic rings. The smallest absolute Gasteiger partial charge is 0.109 e. The standard InChI is InChI=1S/C17H25N3/c1-3-5-16-19-14-11-13(18)6-7-15(14)20(16)12-17(8-4-2)9-10-17/h6-7,11H,3-5,8-10,12,18H2,1-2H3. The highest BCUT2D eigenvalue weighted by molar-refractivity contribution is 5.79. The van der Waals surface area contributed by atoms with Gasteiger partial charge in [-0.25, -0.2) is 4.98 Å². The van der Waals surface area contributed by atoms with E-state index in [2.05, 4.69) is 24.5 Å². The first-order valence-corrected chi connectivity index (χ1v) is 7.92. The van der Waals surface area contributed by atoms with E-state index in [1.54, 1.807) is 0 Å². The lowest BCUT2D eigenvalue weighted by molar-refractivity contribution is 0.386. The number of nitrogens with two attached hydrogens (primary N) is 1. The second-order valence-corrected chi connectivity index (χ2v) is 6.36. The van der Waals surface area contributed by atoms with Crippen molar-refractivity contribution in [2.75, 3.05) is 5.73 Å². The van der Waals surface area contributed by atoms with Crippen molar-refractivity contribution < 1.29 is 0 Å². The van der Waals surface area contributed by atoms with Crippen LogP contribution in [-0.2, 0) is 13.0 Å². The van der Waals surface area contributed by atoms with E-state index in [9.17, 15) is 0 Å². The maximum Gasteiger partial charge on any atom is 0.109 e. The fraction of sp³-hybridized carbons (Fsp3) is 0.588. The number of benzene rings is 1. The van der Waals surface area contributed by atoms with E-state index in [0.717, 1.165) is 30.6 Å². The van der Waals surface area contributed by atoms with Crippen molar-refractivity contribution in [3.05, 3.63) is 24.0 Å². The van der Waals surface area contributed by atoms with Crippen molar-refractivity contribution in [1.29, 1.82) is 0 Å². The largest absolute Gasteiger partial charge is 0.399 e. The molecule has 0 aliphatic heterocycles. The van der Waals surface area contributed by atoms with Gasteiger partial charge in [0.2, 0.25) is 0 Å². The topological polar surface area (TPSA) is 43.8 Å². The Bertz CT molecular complexity index is 608. The molecule has 2 aromatic rings. The van der Waals surface area contributed by atoms with Crippen LogP contribution in [-0.4, -0.2) is 9.55 Å². The summed E-state index contributed by atoms with van der Waals surface area (Å²) in [6.07, 6.45) is 7.56. The molecule has 2 N–H and O–H groups in total. The van der Waals surface area contributed by atoms with Crippen LogP contribution in [0.25, 0.3) is 11.0 Å². The van der Waals surface area contributed by atoms with Gasteiger partial charge in [0.1, 0.15) is 5.82 Å². The van der Waals surface area contributed by atoms with E-state index in [-0.39, 0.29) is 0 Å². The van der Waals surface area contributed by atoms with Gasteiger partial charge in [0.15, 0.2) is 0 Å². The number of aromatic nitrogens is 2. The van der Waals surface area contributed by atoms with Gasteiger partial charge in [-0.05, 0) is 49.3 Å². The average Bonchev–Trinajstić information content (AvgIpc) is 3.09. The van der Waals surface area contributed by atoms with Crippen LogP contribution in [0.4, 0.5) is 5.69 Å². The number of nitrogens with zero attached hydrogens (tertiary/aromatic N) is 2. The van der Waals surface area contributed by atoms with Gasteiger partial charge in [-0.1, -0.05) is 20.3 Å². The van der Waals surface area contributed by atoms with E-state index < -0.39 is 0 Å². The van der Waals surface area contributed by atoms with Crippen LogP contribution in [0.2, 0.25) is 0 Å². The number of anilines is 1. The van der Waals surface area contributed by atoms with Crippen LogP contribution in [0.1, 0.15) is 51.8 Å². The fourth-order valence-electron chi connectivity index (χ4n) is 3.32. The quantitative estimate of drug-likeness (QED) is 0.802. The van der Waals surface area contributed by atoms with Gasteiger partial charge in [-0.15, -0.1) is 0 Å². The van der Waals surface area contributed by atoms with Crippen molar-refractivity contribution in [2.24, 2.45) is 5.41 Å². The lowest BCUT2D eigenvalue weighted by Crippen LogP contribution is -2.14. The van der Waals surface area contributed by atoms with E-state index in [4.69, 9.17) is 10.7 Å². The zero-order valence-electron chi connectivity index (χ0n) is 12.7. The third-order valence-electron chi connectivity index (χ3n) is 4.56. The van der Waals surface area contributed by atoms with E-state index >= 15 is 0 Å². The van der Waals surface area contributed by atoms with Gasteiger partial charge < -0.3 is 10.3 Å². The molecule has 0 amide bonds. The minimum Gasteiger partial charge on any atom is -0.399 e. The van der Waals surface area contributed by atoms with Crippen LogP contribution in [0.3, 0.4) is 0 Å². The molecule has 1 saturated carbocycles. The molecule has 0 bridgehead atoms. The predicted octanol–water partition coefficient (Wildman–Crippen LogP) is 4.15. The predicted molar refractivity (Wildman–Crippen MR) is 84.7 cm³/mol. The molecule has 1 fully saturated rings. The van der Waals surface area contributed by atoms with Crippen LogP contribution in [0.15, 0.2) is 18.2 Å². The molecule has 3 rings (SSSR count). The summed E-state index contributed by atoms with van der Waals surface area (Å²) >= 11 is 0. The Kier molecular flexibility index (Phi) is 3.45. The Balaban J connectivity index is 2.00. The molecule has 3 nitrogen and oxygen atoms in total. The molecule has 0 radical (unpaired) electrons. The van der Waals surface area contributed by atoms with E-state index in [1.807, 2.05) is 12.1 Å². The summed E-state index contributed by atoms with van der Waals surface area (Å²) < 4.78 is 2.46. The number of hydrogen-bond acceptors (Lipinski definition) is 2. The van der Waals surface area contributed by atoms with Gasteiger partial charge in [0, 0.05) is 18.7 Å². The molecular formula is C17H25N3. The molecule has 0 unspecified atom stereocenters. The molecule has 1 aromatic heterocycles. The summed E-state index contributed by atoms with van der Waals surface area (Å²) in [5, 5.41) is 0. The molecule has 0 atom stereocenters. The molecule has 20 heavy (non-hydrogen) atoms. The van der Waals surface area contributed by atoms with E-state index in [0.29, 0.717) is 5.41 Å². The molecule has 1 heterocycles. The Morgan fingerprint density at radius 2 is 2.05 bits per heavy atom. The molecule has 0 spiro atoms. The molecule has 0 saturated heterocycles. The second-order valence-electron chi connectivity index (χ2n) is 6.36. The molecule has 1 aliphatic carbocycles. The number of aryl methyl sites for hydroxylation is 1. The Labute approximate surface area is 121 Å². The minimum atomic E-state index is 0.548. The first-order chi connectivity index (χ1) is 9.67. The summed E-state index contributed by atoms with van der Waals surface area (Å²) in [6, 6.07) is 6.14. The third kappa shape index (κ3) is 2.41. The van der Waals surface area contributed by atoms with Crippen LogP contribution in [0.5, 0.6) is 0 Å². The summed E-state index contributed by atoms with van der Waals surface area (Å²) in [5.74, 6) is 1.23. The summed E-state index contributed by atoms with van der Waals surface area (Å²) in [5.41, 5.74) is 9.56. The van der Waals surface area contributed by atoms with Gasteiger partial charge >= 0.3 is 0 Å². The maximum atomic E-state index is 5.90. The van der Waals surface area contributed by atoms with Crippen molar-refractivity contribution in [3.63, 3.8) is 0 Å². The van der Waals surface area contributed by atoms with Crippen LogP contribution < -0.4 is 5.73 Å². The van der Waals surface area contributed by atoms with Gasteiger partial charge in [-0.2, -0.15) is 0 Å². The summed E-state index contributed by atoms with van der Waals surface area (Å²) in [4.78, 5) is 4.82. The summed E-state index contributed by atoms with van der Waals surface area (Å²) in [7, 11) is 0. The number of nitrogen functional groups attached to an aromatic ring is 1. The highest BCUT2D eigenvalue weighted by atomic mass is 15.1. The lowest BCUT2D eigenvalue weighted by atomic mass is 10.0. The molecule has 3 heteroatoms. The summed E-state index contributed by atoms with van der Waals surface area (Å²) in [6.45, 7) is 5.65. The Morgan fingerprint density at radius 1 is 1.25 bits per heavy atom. The zero-order chi connectivity index (χ0) is 14.2. The van der Waals surface area contributed by atoms with Crippen molar-refractivity contribution >= 4 is 16.7 Å². The minimum absolute atomic E-state index is 0.548. The SMILES string of the molecule is CCCc1nc2cc(N)ccc2n1CC1(CCC)CC1. The first-order valence-electron chi connectivity index (χ1n) is 7.92. The Hall–Kier alpha value is -1.51. The maximum absolute atomic E-state index is 5.90. The number of fused-ring (bicyclic) bond motifs is 1. The number of rotatable bonds is 6. The second kappa shape index (κ2) is 5.12. The Morgan fingerprint density at radius 3 is 2.70 bits per heavy atom. The third-order valence-corrected chi connectivity index (χ3v) is 4.56.